The molecule has 210 valence electrons. The zero-order chi connectivity index (χ0) is 33.4. The summed E-state index contributed by atoms with van der Waals surface area (Å²) in [7, 11) is 0. The molecule has 0 aliphatic heterocycles. The Balaban J connectivity index is 2.14. The lowest BCUT2D eigenvalue weighted by Crippen LogP contribution is -2.05. The maximum atomic E-state index is 14.3. The molecule has 14 heteroatoms. The number of nitrogens with zero attached hydrogens (tertiary/aromatic N) is 10. The van der Waals surface area contributed by atoms with Gasteiger partial charge in [0.2, 0.25) is 23.8 Å². The Labute approximate surface area is 255 Å². The molecule has 10 nitrogen and oxygen atoms in total. The van der Waals surface area contributed by atoms with Crippen molar-refractivity contribution in [3.63, 3.8) is 0 Å². The van der Waals surface area contributed by atoms with Gasteiger partial charge in [-0.1, -0.05) is 0 Å². The van der Waals surface area contributed by atoms with E-state index in [9.17, 15) is 59.7 Å². The lowest BCUT2D eigenvalue weighted by atomic mass is 9.82. The van der Waals surface area contributed by atoms with Gasteiger partial charge in [-0.25, -0.2) is 0 Å². The van der Waals surface area contributed by atoms with E-state index in [1.807, 2.05) is 12.1 Å². The summed E-state index contributed by atoms with van der Waals surface area (Å²) in [5.41, 5.74) is -8.10. The first-order chi connectivity index (χ1) is 22.1. The molecule has 2 aliphatic carbocycles. The third-order valence-electron chi connectivity index (χ3n) is 7.00. The number of hydrogen-bond donors (Lipinski definition) is 0. The summed E-state index contributed by atoms with van der Waals surface area (Å²) in [5.74, 6) is -5.43. The predicted molar refractivity (Wildman–Crippen MR) is 145 cm³/mol. The van der Waals surface area contributed by atoms with Crippen molar-refractivity contribution in [3.05, 3.63) is 104 Å². The quantitative estimate of drug-likeness (QED) is 0.209. The fraction of sp³-hybridized carbons (Fsp3) is 0. The molecule has 0 atom stereocenters. The minimum absolute atomic E-state index is 0.409. The monoisotopic (exact) mass is 604 g/mol. The summed E-state index contributed by atoms with van der Waals surface area (Å²) in [5, 5.41) is 81.3. The Kier molecular flexibility index (Phi) is 7.13. The van der Waals surface area contributed by atoms with Crippen molar-refractivity contribution < 1.29 is 17.6 Å². The van der Waals surface area contributed by atoms with Gasteiger partial charge in [-0.05, 0) is 11.1 Å². The number of aromatic nitrogens is 2. The number of nitriles is 8. The lowest BCUT2D eigenvalue weighted by molar-refractivity contribution is 0.511. The molecule has 0 fully saturated rings. The van der Waals surface area contributed by atoms with Crippen LogP contribution < -0.4 is 0 Å². The highest BCUT2D eigenvalue weighted by atomic mass is 19.1. The van der Waals surface area contributed by atoms with Crippen LogP contribution in [-0.2, 0) is 0 Å². The van der Waals surface area contributed by atoms with Gasteiger partial charge in [-0.2, -0.15) is 69.6 Å². The van der Waals surface area contributed by atoms with Crippen LogP contribution in [0.1, 0.15) is 44.5 Å². The Morgan fingerprint density at radius 2 is 0.761 bits per heavy atom. The first-order valence-corrected chi connectivity index (χ1v) is 12.2. The maximum Gasteiger partial charge on any atom is 0.216 e. The molecular weight excluding hydrogens is 600 g/mol. The normalized spacial score (nSPS) is 12.3. The highest BCUT2D eigenvalue weighted by Crippen LogP contribution is 2.57. The van der Waals surface area contributed by atoms with Gasteiger partial charge in [-0.3, -0.25) is 0 Å². The molecule has 0 N–H and O–H groups in total. The van der Waals surface area contributed by atoms with Crippen molar-refractivity contribution in [1.29, 1.82) is 42.1 Å². The van der Waals surface area contributed by atoms with Crippen LogP contribution in [0.3, 0.4) is 0 Å². The molecule has 0 unspecified atom stereocenters. The Morgan fingerprint density at radius 1 is 0.457 bits per heavy atom. The summed E-state index contributed by atoms with van der Waals surface area (Å²) in [6, 6.07) is 16.3. The summed E-state index contributed by atoms with van der Waals surface area (Å²) in [4.78, 5) is 5.99. The van der Waals surface area contributed by atoms with E-state index in [4.69, 9.17) is 0 Å². The van der Waals surface area contributed by atoms with Crippen molar-refractivity contribution in [2.24, 2.45) is 0 Å². The van der Waals surface area contributed by atoms with Crippen LogP contribution in [0, 0.1) is 114 Å². The number of halogens is 4. The van der Waals surface area contributed by atoms with Crippen LogP contribution >= 0.6 is 0 Å². The molecule has 1 aromatic carbocycles. The first-order valence-electron chi connectivity index (χ1n) is 12.2. The highest BCUT2D eigenvalue weighted by molar-refractivity contribution is 6.32. The zero-order valence-corrected chi connectivity index (χ0v) is 22.3. The van der Waals surface area contributed by atoms with E-state index < -0.39 is 113 Å². The number of benzene rings is 1. The minimum atomic E-state index is -1.36. The van der Waals surface area contributed by atoms with Crippen LogP contribution in [0.4, 0.5) is 17.6 Å². The molecule has 46 heavy (non-hydrogen) atoms. The summed E-state index contributed by atoms with van der Waals surface area (Å²) < 4.78 is 57.3. The van der Waals surface area contributed by atoms with Gasteiger partial charge in [0.05, 0.1) is 22.3 Å². The summed E-state index contributed by atoms with van der Waals surface area (Å²) in [6.45, 7) is 0. The van der Waals surface area contributed by atoms with E-state index in [0.29, 0.717) is 24.3 Å². The van der Waals surface area contributed by atoms with Crippen molar-refractivity contribution >= 4 is 33.4 Å². The van der Waals surface area contributed by atoms with E-state index >= 15 is 0 Å². The van der Waals surface area contributed by atoms with Crippen molar-refractivity contribution in [2.75, 3.05) is 0 Å². The topological polar surface area (TPSA) is 216 Å². The molecule has 2 aliphatic rings. The second-order valence-corrected chi connectivity index (χ2v) is 9.15. The standard InChI is InChI=1S/C32H4F4N10/c33-21-1-13(2-22(34)45-21)25-17(9-41)29-19(11-43)30-18(10-42)26(14-3-23(35)46-24(36)4-14)28(16(7-39)8-40)32(30)20(12-44)31(29)27(25)15(5-37)6-38/h1-4H. The number of hydrogen-bond acceptors (Lipinski definition) is 10. The molecule has 0 saturated heterocycles. The van der Waals surface area contributed by atoms with Crippen LogP contribution in [0.25, 0.3) is 33.4 Å². The second-order valence-electron chi connectivity index (χ2n) is 9.15. The third-order valence-corrected chi connectivity index (χ3v) is 7.00. The van der Waals surface area contributed by atoms with Crippen LogP contribution in [-0.4, -0.2) is 9.97 Å². The molecule has 0 spiro atoms. The van der Waals surface area contributed by atoms with E-state index in [1.165, 1.54) is 0 Å². The lowest BCUT2D eigenvalue weighted by Gasteiger charge is -2.16. The second kappa shape index (κ2) is 11.1. The first kappa shape index (κ1) is 29.6. The van der Waals surface area contributed by atoms with Gasteiger partial charge in [0.1, 0.15) is 59.7 Å². The summed E-state index contributed by atoms with van der Waals surface area (Å²) >= 11 is 0. The van der Waals surface area contributed by atoms with E-state index in [2.05, 4.69) is 9.97 Å². The zero-order valence-electron chi connectivity index (χ0n) is 22.3. The van der Waals surface area contributed by atoms with Gasteiger partial charge >= 0.3 is 0 Å². The van der Waals surface area contributed by atoms with Crippen molar-refractivity contribution in [2.45, 2.75) is 0 Å². The van der Waals surface area contributed by atoms with Gasteiger partial charge < -0.3 is 0 Å². The van der Waals surface area contributed by atoms with Gasteiger partial charge in [-0.15, -0.1) is 0 Å². The molecule has 2 aromatic heterocycles. The average Bonchev–Trinajstić information content (AvgIpc) is 3.54. The van der Waals surface area contributed by atoms with E-state index in [-0.39, 0.29) is 0 Å². The summed E-state index contributed by atoms with van der Waals surface area (Å²) in [6.07, 6.45) is 0. The van der Waals surface area contributed by atoms with E-state index in [0.717, 1.165) is 0 Å². The number of rotatable bonds is 2. The number of allylic oxidation sites excluding steroid dienone is 8. The minimum Gasteiger partial charge on any atom is -0.192 e. The molecule has 0 saturated carbocycles. The van der Waals surface area contributed by atoms with Gasteiger partial charge in [0.15, 0.2) is 0 Å². The van der Waals surface area contributed by atoms with E-state index in [1.54, 1.807) is 36.4 Å². The molecule has 5 rings (SSSR count). The van der Waals surface area contributed by atoms with Crippen molar-refractivity contribution in [1.82, 2.24) is 9.97 Å². The molecule has 2 heterocycles. The van der Waals surface area contributed by atoms with Gasteiger partial charge in [0.25, 0.3) is 0 Å². The average molecular weight is 604 g/mol. The van der Waals surface area contributed by atoms with Crippen LogP contribution in [0.15, 0.2) is 35.4 Å². The molecule has 0 amide bonds. The SMILES string of the molecule is N#CC(C#N)=C1C(c2cc(F)nc(F)c2)=C(C#N)c2c(C#N)c3c(c(C#N)c21)C(=C(C#N)C#N)C(c1cc(F)nc(F)c1)=C3C#N. The van der Waals surface area contributed by atoms with Gasteiger partial charge in [0, 0.05) is 68.8 Å². The predicted octanol–water partition coefficient (Wildman–Crippen LogP) is 5.27. The fourth-order valence-electron chi connectivity index (χ4n) is 5.52. The molecule has 0 bridgehead atoms. The Morgan fingerprint density at radius 3 is 1.02 bits per heavy atom. The number of pyridine rings is 2. The fourth-order valence-corrected chi connectivity index (χ4v) is 5.52. The highest BCUT2D eigenvalue weighted by Gasteiger charge is 2.43. The smallest absolute Gasteiger partial charge is 0.192 e. The van der Waals surface area contributed by atoms with Crippen LogP contribution in [0.2, 0.25) is 0 Å². The molecule has 0 radical (unpaired) electrons. The Bertz CT molecular complexity index is 2270. The Hall–Kier alpha value is -7.88. The van der Waals surface area contributed by atoms with Crippen molar-refractivity contribution in [3.8, 4) is 48.6 Å². The maximum absolute atomic E-state index is 14.3. The van der Waals surface area contributed by atoms with Crippen LogP contribution in [0.5, 0.6) is 0 Å². The molecule has 3 aromatic rings. The molecular formula is C32H4F4N10. The third kappa shape index (κ3) is 4.11. The number of fused-ring (bicyclic) bond motifs is 2. The largest absolute Gasteiger partial charge is 0.216 e.